The number of likely N-dealkylation sites (N-methyl/N-ethyl adjacent to an activating group) is 1. The number of carbonyl (C=O) groups excluding carboxylic acids is 2. The zero-order chi connectivity index (χ0) is 36.1. The van der Waals surface area contributed by atoms with Crippen molar-refractivity contribution in [3.63, 3.8) is 0 Å². The number of hydrogen-bond acceptors (Lipinski definition) is 8. The summed E-state index contributed by atoms with van der Waals surface area (Å²) in [5.74, 6) is -0.366. The average Bonchev–Trinajstić information content (AvgIpc) is 3.81. The van der Waals surface area contributed by atoms with E-state index in [4.69, 9.17) is 23.6 Å². The maximum absolute atomic E-state index is 14.4. The first-order valence-electron chi connectivity index (χ1n) is 16.9. The van der Waals surface area contributed by atoms with Crippen molar-refractivity contribution in [1.82, 2.24) is 19.4 Å². The molecule has 0 bridgehead atoms. The normalized spacial score (nSPS) is 14.4. The molecule has 1 aliphatic rings. The Labute approximate surface area is 295 Å². The number of aromatic nitrogens is 2. The summed E-state index contributed by atoms with van der Waals surface area (Å²) in [6.45, 7) is 2.70. The van der Waals surface area contributed by atoms with E-state index in [0.29, 0.717) is 79.6 Å². The summed E-state index contributed by atoms with van der Waals surface area (Å²) in [6, 6.07) is 18.5. The summed E-state index contributed by atoms with van der Waals surface area (Å²) in [4.78, 5) is 36.1. The zero-order valence-electron chi connectivity index (χ0n) is 29.2. The minimum absolute atomic E-state index is 0.0176. The number of benzene rings is 3. The lowest BCUT2D eigenvalue weighted by Crippen LogP contribution is -2.38. The predicted octanol–water partition coefficient (Wildman–Crippen LogP) is 6.82. The molecular weight excluding hydrogens is 658 g/mol. The predicted molar refractivity (Wildman–Crippen MR) is 188 cm³/mol. The smallest absolute Gasteiger partial charge is 0.253 e. The van der Waals surface area contributed by atoms with E-state index in [9.17, 15) is 18.4 Å². The molecule has 3 aromatic carbocycles. The first kappa shape index (κ1) is 35.6. The summed E-state index contributed by atoms with van der Waals surface area (Å²) < 4.78 is 52.2. The number of para-hydroxylation sites is 2. The Morgan fingerprint density at radius 2 is 1.67 bits per heavy atom. The maximum Gasteiger partial charge on any atom is 0.253 e. The van der Waals surface area contributed by atoms with E-state index in [-0.39, 0.29) is 30.1 Å². The molecule has 1 saturated heterocycles. The number of nitrogens with zero attached hydrogens (tertiary/aromatic N) is 4. The Kier molecular flexibility index (Phi) is 11.0. The fraction of sp³-hybridized carbons (Fsp3) is 0.359. The number of likely N-dealkylation sites (tertiary alicyclic amines) is 1. The second-order valence-electron chi connectivity index (χ2n) is 12.8. The van der Waals surface area contributed by atoms with Crippen LogP contribution in [0.15, 0.2) is 77.4 Å². The number of methoxy groups -OCH3 is 3. The molecule has 1 atom stereocenters. The molecule has 0 saturated carbocycles. The Hall–Kier alpha value is -5.23. The summed E-state index contributed by atoms with van der Waals surface area (Å²) in [5, 5.41) is 0. The van der Waals surface area contributed by atoms with Gasteiger partial charge in [0.15, 0.2) is 29.0 Å². The van der Waals surface area contributed by atoms with Crippen LogP contribution in [0.5, 0.6) is 17.2 Å². The second kappa shape index (κ2) is 15.8. The van der Waals surface area contributed by atoms with Crippen LogP contribution in [0.3, 0.4) is 0 Å². The van der Waals surface area contributed by atoms with Crippen molar-refractivity contribution < 1.29 is 37.0 Å². The number of fused-ring (bicyclic) bond motifs is 1. The molecule has 2 aromatic heterocycles. The number of hydrogen-bond donors (Lipinski definition) is 0. The Bertz CT molecular complexity index is 1960. The lowest BCUT2D eigenvalue weighted by molar-refractivity contribution is 0.0778. The van der Waals surface area contributed by atoms with E-state index in [1.165, 1.54) is 27.4 Å². The SMILES string of the molecule is COc1cc(C(=O)N(C)CC(CCN2CCC(C(=O)c3nc4ccccc4n3Cc3ccco3)CC2)c2ccc(F)c(F)c2)cc(OC)c1OC. The van der Waals surface area contributed by atoms with Gasteiger partial charge in [0.1, 0.15) is 5.76 Å². The first-order valence-corrected chi connectivity index (χ1v) is 16.9. The van der Waals surface area contributed by atoms with E-state index in [0.717, 1.165) is 22.9 Å². The van der Waals surface area contributed by atoms with Gasteiger partial charge in [-0.05, 0) is 93.0 Å². The topological polar surface area (TPSA) is 99.3 Å². The van der Waals surface area contributed by atoms with Crippen LogP contribution in [-0.4, -0.2) is 85.6 Å². The molecule has 3 heterocycles. The number of furan rings is 1. The third-order valence-corrected chi connectivity index (χ3v) is 9.69. The van der Waals surface area contributed by atoms with Gasteiger partial charge in [-0.1, -0.05) is 18.2 Å². The molecule has 51 heavy (non-hydrogen) atoms. The van der Waals surface area contributed by atoms with Crippen molar-refractivity contribution in [2.24, 2.45) is 5.92 Å². The van der Waals surface area contributed by atoms with Crippen molar-refractivity contribution in [1.29, 1.82) is 0 Å². The molecule has 1 amide bonds. The lowest BCUT2D eigenvalue weighted by Gasteiger charge is -2.33. The van der Waals surface area contributed by atoms with E-state index < -0.39 is 11.6 Å². The van der Waals surface area contributed by atoms with Gasteiger partial charge >= 0.3 is 0 Å². The summed E-state index contributed by atoms with van der Waals surface area (Å²) in [5.41, 5.74) is 2.58. The van der Waals surface area contributed by atoms with Crippen molar-refractivity contribution in [3.05, 3.63) is 107 Å². The molecule has 10 nitrogen and oxygen atoms in total. The van der Waals surface area contributed by atoms with Gasteiger partial charge in [-0.2, -0.15) is 0 Å². The van der Waals surface area contributed by atoms with Crippen LogP contribution in [-0.2, 0) is 6.54 Å². The highest BCUT2D eigenvalue weighted by Crippen LogP contribution is 2.38. The van der Waals surface area contributed by atoms with E-state index >= 15 is 0 Å². The molecular formula is C39H42F2N4O6. The van der Waals surface area contributed by atoms with Crippen LogP contribution in [0.4, 0.5) is 8.78 Å². The van der Waals surface area contributed by atoms with Crippen LogP contribution in [0.2, 0.25) is 0 Å². The number of halogens is 2. The largest absolute Gasteiger partial charge is 0.493 e. The van der Waals surface area contributed by atoms with Crippen molar-refractivity contribution >= 4 is 22.7 Å². The lowest BCUT2D eigenvalue weighted by atomic mass is 9.90. The standard InChI is InChI=1S/C39H42F2N4O6/c1-43(39(47)28-21-34(48-2)37(50-4)35(22-28)49-3)23-27(26-11-12-30(40)31(41)20-26)15-18-44-16-13-25(14-17-44)36(46)38-42-32-9-5-6-10-33(32)45(38)24-29-8-7-19-51-29/h5-12,19-22,25,27H,13-18,23-24H2,1-4H3. The molecule has 1 fully saturated rings. The van der Waals surface area contributed by atoms with Crippen LogP contribution < -0.4 is 14.2 Å². The molecule has 0 N–H and O–H groups in total. The number of imidazole rings is 1. The monoisotopic (exact) mass is 700 g/mol. The summed E-state index contributed by atoms with van der Waals surface area (Å²) in [6.07, 6.45) is 3.53. The fourth-order valence-electron chi connectivity index (χ4n) is 6.89. The molecule has 0 radical (unpaired) electrons. The highest BCUT2D eigenvalue weighted by Gasteiger charge is 2.31. The molecule has 0 spiro atoms. The third kappa shape index (κ3) is 7.75. The molecule has 268 valence electrons. The number of Topliss-reactive ketones (excluding diaryl/α,β-unsaturated/α-hetero) is 1. The van der Waals surface area contributed by atoms with Crippen molar-refractivity contribution in [2.45, 2.75) is 31.7 Å². The Balaban J connectivity index is 1.13. The van der Waals surface area contributed by atoms with Crippen LogP contribution in [0.25, 0.3) is 11.0 Å². The van der Waals surface area contributed by atoms with Crippen LogP contribution in [0, 0.1) is 17.6 Å². The van der Waals surface area contributed by atoms with Gasteiger partial charge < -0.3 is 33.0 Å². The zero-order valence-corrected chi connectivity index (χ0v) is 29.2. The molecule has 1 aliphatic heterocycles. The van der Waals surface area contributed by atoms with Gasteiger partial charge in [0.05, 0.1) is 45.2 Å². The Morgan fingerprint density at radius 3 is 2.31 bits per heavy atom. The molecule has 6 rings (SSSR count). The highest BCUT2D eigenvalue weighted by atomic mass is 19.2. The number of rotatable bonds is 14. The van der Waals surface area contributed by atoms with Gasteiger partial charge in [-0.3, -0.25) is 9.59 Å². The van der Waals surface area contributed by atoms with E-state index in [2.05, 4.69) is 4.90 Å². The fourth-order valence-corrected chi connectivity index (χ4v) is 6.89. The number of carbonyl (C=O) groups is 2. The van der Waals surface area contributed by atoms with Gasteiger partial charge in [0, 0.05) is 31.0 Å². The van der Waals surface area contributed by atoms with Crippen molar-refractivity contribution in [3.8, 4) is 17.2 Å². The number of ketones is 1. The molecule has 5 aromatic rings. The van der Waals surface area contributed by atoms with E-state index in [1.54, 1.807) is 36.4 Å². The second-order valence-corrected chi connectivity index (χ2v) is 12.8. The molecule has 1 unspecified atom stereocenters. The number of piperidine rings is 1. The highest BCUT2D eigenvalue weighted by molar-refractivity contribution is 5.98. The van der Waals surface area contributed by atoms with Gasteiger partial charge in [0.2, 0.25) is 11.5 Å². The Morgan fingerprint density at radius 1 is 0.941 bits per heavy atom. The molecule has 0 aliphatic carbocycles. The minimum Gasteiger partial charge on any atom is -0.493 e. The van der Waals surface area contributed by atoms with Gasteiger partial charge in [-0.15, -0.1) is 0 Å². The molecule has 12 heteroatoms. The van der Waals surface area contributed by atoms with Crippen LogP contribution in [0.1, 0.15) is 57.5 Å². The van der Waals surface area contributed by atoms with Gasteiger partial charge in [-0.25, -0.2) is 13.8 Å². The first-order chi connectivity index (χ1) is 24.7. The van der Waals surface area contributed by atoms with E-state index in [1.807, 2.05) is 41.0 Å². The maximum atomic E-state index is 14.4. The average molecular weight is 701 g/mol. The van der Waals surface area contributed by atoms with Crippen molar-refractivity contribution in [2.75, 3.05) is 54.6 Å². The minimum atomic E-state index is -0.937. The number of ether oxygens (including phenoxy) is 3. The third-order valence-electron chi connectivity index (χ3n) is 9.69. The number of amides is 1. The quantitative estimate of drug-likeness (QED) is 0.116. The summed E-state index contributed by atoms with van der Waals surface area (Å²) >= 11 is 0. The van der Waals surface area contributed by atoms with Crippen LogP contribution >= 0.6 is 0 Å². The van der Waals surface area contributed by atoms with Gasteiger partial charge in [0.25, 0.3) is 5.91 Å². The summed E-state index contributed by atoms with van der Waals surface area (Å²) in [7, 11) is 6.12.